The number of aromatic nitrogens is 1. The average molecular weight is 341 g/mol. The summed E-state index contributed by atoms with van der Waals surface area (Å²) in [4.78, 5) is 18.7. The van der Waals surface area contributed by atoms with Crippen molar-refractivity contribution < 1.29 is 13.9 Å². The van der Waals surface area contributed by atoms with Gasteiger partial charge in [-0.25, -0.2) is 9.37 Å². The Morgan fingerprint density at radius 2 is 2.04 bits per heavy atom. The molecular formula is C19H20FN3O2. The van der Waals surface area contributed by atoms with E-state index < -0.39 is 0 Å². The summed E-state index contributed by atoms with van der Waals surface area (Å²) in [5.74, 6) is 0.879. The van der Waals surface area contributed by atoms with Crippen LogP contribution in [0.3, 0.4) is 0 Å². The Bertz CT molecular complexity index is 816. The fourth-order valence-electron chi connectivity index (χ4n) is 3.46. The number of carbonyl (C=O) groups is 1. The van der Waals surface area contributed by atoms with Gasteiger partial charge in [-0.3, -0.25) is 4.79 Å². The molecule has 2 aliphatic rings. The van der Waals surface area contributed by atoms with E-state index in [2.05, 4.69) is 10.2 Å². The predicted molar refractivity (Wildman–Crippen MR) is 92.4 cm³/mol. The first-order chi connectivity index (χ1) is 12.1. The van der Waals surface area contributed by atoms with Crippen molar-refractivity contribution in [2.75, 3.05) is 18.0 Å². The highest BCUT2D eigenvalue weighted by Crippen LogP contribution is 2.28. The van der Waals surface area contributed by atoms with Crippen LogP contribution >= 0.6 is 0 Å². The number of nitrogens with zero attached hydrogens (tertiary/aromatic N) is 2. The minimum absolute atomic E-state index is 0.00567. The van der Waals surface area contributed by atoms with Crippen molar-refractivity contribution in [1.29, 1.82) is 0 Å². The van der Waals surface area contributed by atoms with E-state index in [0.717, 1.165) is 43.0 Å². The Balaban J connectivity index is 1.44. The van der Waals surface area contributed by atoms with Crippen LogP contribution in [0.5, 0.6) is 5.75 Å². The predicted octanol–water partition coefficient (Wildman–Crippen LogP) is 2.82. The zero-order chi connectivity index (χ0) is 17.4. The number of fused-ring (bicyclic) bond motifs is 1. The molecule has 5 nitrogen and oxygen atoms in total. The minimum Gasteiger partial charge on any atom is -0.487 e. The number of hydrogen-bond donors (Lipinski definition) is 1. The van der Waals surface area contributed by atoms with Crippen molar-refractivity contribution in [1.82, 2.24) is 10.3 Å². The number of nitrogens with one attached hydrogen (secondary N) is 1. The standard InChI is InChI=1S/C19H20FN3O2/c1-12-10-14-16(11-21-19(14)24)22-18(12)23-8-6-13(7-9-23)25-17-5-3-2-4-15(17)20/h2-5,10,13H,6-9,11H2,1H3,(H,21,24). The molecule has 0 bridgehead atoms. The summed E-state index contributed by atoms with van der Waals surface area (Å²) in [7, 11) is 0. The number of rotatable bonds is 3. The Hall–Kier alpha value is -2.63. The van der Waals surface area contributed by atoms with Crippen molar-refractivity contribution in [3.63, 3.8) is 0 Å². The van der Waals surface area contributed by atoms with Crippen molar-refractivity contribution >= 4 is 11.7 Å². The first kappa shape index (κ1) is 15.9. The van der Waals surface area contributed by atoms with E-state index in [0.29, 0.717) is 17.9 Å². The van der Waals surface area contributed by atoms with Gasteiger partial charge in [0, 0.05) is 25.9 Å². The average Bonchev–Trinajstić information content (AvgIpc) is 2.97. The van der Waals surface area contributed by atoms with Gasteiger partial charge in [0.05, 0.1) is 17.8 Å². The van der Waals surface area contributed by atoms with Crippen molar-refractivity contribution in [2.24, 2.45) is 0 Å². The van der Waals surface area contributed by atoms with Crippen LogP contribution in [0.15, 0.2) is 30.3 Å². The lowest BCUT2D eigenvalue weighted by atomic mass is 10.1. The molecule has 4 rings (SSSR count). The van der Waals surface area contributed by atoms with E-state index in [1.807, 2.05) is 13.0 Å². The van der Waals surface area contributed by atoms with E-state index in [9.17, 15) is 9.18 Å². The molecule has 0 unspecified atom stereocenters. The normalized spacial score (nSPS) is 17.4. The lowest BCUT2D eigenvalue weighted by Gasteiger charge is -2.34. The Kier molecular flexibility index (Phi) is 4.03. The van der Waals surface area contributed by atoms with Crippen LogP contribution in [-0.2, 0) is 6.54 Å². The third kappa shape index (κ3) is 3.04. The number of hydrogen-bond acceptors (Lipinski definition) is 4. The van der Waals surface area contributed by atoms with Crippen molar-refractivity contribution in [2.45, 2.75) is 32.4 Å². The second-order valence-corrected chi connectivity index (χ2v) is 6.54. The summed E-state index contributed by atoms with van der Waals surface area (Å²) in [5.41, 5.74) is 2.50. The molecular weight excluding hydrogens is 321 g/mol. The molecule has 1 aromatic carbocycles. The summed E-state index contributed by atoms with van der Waals surface area (Å²) in [6.45, 7) is 4.07. The SMILES string of the molecule is Cc1cc2c(nc1N1CCC(Oc3ccccc3F)CC1)CNC2=O. The zero-order valence-electron chi connectivity index (χ0n) is 14.1. The molecule has 0 atom stereocenters. The second-order valence-electron chi connectivity index (χ2n) is 6.54. The molecule has 0 radical (unpaired) electrons. The largest absolute Gasteiger partial charge is 0.487 e. The minimum atomic E-state index is -0.321. The van der Waals surface area contributed by atoms with Gasteiger partial charge in [-0.05, 0) is 30.7 Å². The maximum atomic E-state index is 13.7. The van der Waals surface area contributed by atoms with Gasteiger partial charge in [-0.2, -0.15) is 0 Å². The molecule has 6 heteroatoms. The lowest BCUT2D eigenvalue weighted by Crippen LogP contribution is -2.39. The summed E-state index contributed by atoms with van der Waals surface area (Å²) >= 11 is 0. The van der Waals surface area contributed by atoms with Gasteiger partial charge in [0.15, 0.2) is 11.6 Å². The first-order valence-electron chi connectivity index (χ1n) is 8.56. The number of ether oxygens (including phenoxy) is 1. The third-order valence-corrected chi connectivity index (χ3v) is 4.80. The van der Waals surface area contributed by atoms with Gasteiger partial charge in [0.25, 0.3) is 5.91 Å². The molecule has 25 heavy (non-hydrogen) atoms. The Morgan fingerprint density at radius 1 is 1.28 bits per heavy atom. The topological polar surface area (TPSA) is 54.5 Å². The first-order valence-corrected chi connectivity index (χ1v) is 8.56. The van der Waals surface area contributed by atoms with E-state index >= 15 is 0 Å². The van der Waals surface area contributed by atoms with Crippen LogP contribution in [0, 0.1) is 12.7 Å². The monoisotopic (exact) mass is 341 g/mol. The van der Waals surface area contributed by atoms with Crippen LogP contribution in [-0.4, -0.2) is 30.1 Å². The number of aryl methyl sites for hydroxylation is 1. The Labute approximate surface area is 145 Å². The van der Waals surface area contributed by atoms with Crippen LogP contribution in [0.4, 0.5) is 10.2 Å². The maximum absolute atomic E-state index is 13.7. The number of benzene rings is 1. The smallest absolute Gasteiger partial charge is 0.253 e. The van der Waals surface area contributed by atoms with E-state index in [1.54, 1.807) is 18.2 Å². The molecule has 2 aromatic rings. The molecule has 1 amide bonds. The van der Waals surface area contributed by atoms with Gasteiger partial charge in [0.2, 0.25) is 0 Å². The highest BCUT2D eigenvalue weighted by atomic mass is 19.1. The summed E-state index contributed by atoms with van der Waals surface area (Å²) < 4.78 is 19.5. The highest BCUT2D eigenvalue weighted by molar-refractivity contribution is 5.98. The molecule has 1 N–H and O–H groups in total. The maximum Gasteiger partial charge on any atom is 0.253 e. The van der Waals surface area contributed by atoms with Crippen LogP contribution < -0.4 is 15.0 Å². The van der Waals surface area contributed by atoms with Crippen molar-refractivity contribution in [3.05, 3.63) is 53.0 Å². The summed E-state index contributed by atoms with van der Waals surface area (Å²) in [5, 5.41) is 2.81. The molecule has 0 aliphatic carbocycles. The van der Waals surface area contributed by atoms with Gasteiger partial charge in [-0.15, -0.1) is 0 Å². The number of anilines is 1. The number of amides is 1. The van der Waals surface area contributed by atoms with Crippen molar-refractivity contribution in [3.8, 4) is 5.75 Å². The molecule has 1 aromatic heterocycles. The number of pyridine rings is 1. The number of carbonyl (C=O) groups excluding carboxylic acids is 1. The molecule has 0 saturated carbocycles. The van der Waals surface area contributed by atoms with Crippen LogP contribution in [0.25, 0.3) is 0 Å². The van der Waals surface area contributed by atoms with Gasteiger partial charge in [-0.1, -0.05) is 12.1 Å². The molecule has 130 valence electrons. The summed E-state index contributed by atoms with van der Waals surface area (Å²) in [6, 6.07) is 8.44. The molecule has 0 spiro atoms. The van der Waals surface area contributed by atoms with Gasteiger partial charge >= 0.3 is 0 Å². The molecule has 2 aliphatic heterocycles. The molecule has 3 heterocycles. The number of para-hydroxylation sites is 1. The van der Waals surface area contributed by atoms with Gasteiger partial charge < -0.3 is 15.0 Å². The lowest BCUT2D eigenvalue weighted by molar-refractivity contribution is 0.0965. The quantitative estimate of drug-likeness (QED) is 0.933. The fourth-order valence-corrected chi connectivity index (χ4v) is 3.46. The van der Waals surface area contributed by atoms with Gasteiger partial charge in [0.1, 0.15) is 11.9 Å². The van der Waals surface area contributed by atoms with E-state index in [4.69, 9.17) is 9.72 Å². The highest BCUT2D eigenvalue weighted by Gasteiger charge is 2.26. The third-order valence-electron chi connectivity index (χ3n) is 4.80. The number of halogens is 1. The van der Waals surface area contributed by atoms with E-state index in [-0.39, 0.29) is 17.8 Å². The molecule has 1 fully saturated rings. The number of piperidine rings is 1. The zero-order valence-corrected chi connectivity index (χ0v) is 14.1. The summed E-state index contributed by atoms with van der Waals surface area (Å²) in [6.07, 6.45) is 1.62. The van der Waals surface area contributed by atoms with E-state index in [1.165, 1.54) is 6.07 Å². The van der Waals surface area contributed by atoms with Crippen LogP contribution in [0.2, 0.25) is 0 Å². The Morgan fingerprint density at radius 3 is 2.80 bits per heavy atom. The molecule has 1 saturated heterocycles. The fraction of sp³-hybridized carbons (Fsp3) is 0.368. The van der Waals surface area contributed by atoms with Crippen LogP contribution in [0.1, 0.15) is 34.5 Å². The second kappa shape index (κ2) is 6.35.